The van der Waals surface area contributed by atoms with Crippen molar-refractivity contribution in [1.29, 1.82) is 0 Å². The van der Waals surface area contributed by atoms with Crippen molar-refractivity contribution in [2.45, 2.75) is 12.6 Å². The molecule has 0 radical (unpaired) electrons. The molecule has 0 atom stereocenters. The van der Waals surface area contributed by atoms with Crippen molar-refractivity contribution in [1.82, 2.24) is 10.4 Å². The van der Waals surface area contributed by atoms with E-state index in [0.29, 0.717) is 13.0 Å². The van der Waals surface area contributed by atoms with Gasteiger partial charge in [-0.05, 0) is 18.1 Å². The summed E-state index contributed by atoms with van der Waals surface area (Å²) in [6.45, 7) is 0.507. The molecule has 3 N–H and O–H groups in total. The molecule has 14 heavy (non-hydrogen) atoms. The van der Waals surface area contributed by atoms with E-state index in [-0.39, 0.29) is 0 Å². The van der Waals surface area contributed by atoms with E-state index in [1.165, 1.54) is 12.3 Å². The topological polar surface area (TPSA) is 50.9 Å². The molecule has 0 amide bonds. The number of nitrogens with two attached hydrogens (primary N) is 1. The first kappa shape index (κ1) is 10.9. The summed E-state index contributed by atoms with van der Waals surface area (Å²) in [4.78, 5) is 3.31. The largest absolute Gasteiger partial charge is 0.433 e. The zero-order valence-electron chi connectivity index (χ0n) is 7.30. The maximum Gasteiger partial charge on any atom is 0.433 e. The second kappa shape index (κ2) is 4.39. The van der Waals surface area contributed by atoms with Crippen LogP contribution in [0.5, 0.6) is 0 Å². The van der Waals surface area contributed by atoms with E-state index >= 15 is 0 Å². The van der Waals surface area contributed by atoms with Gasteiger partial charge < -0.3 is 0 Å². The van der Waals surface area contributed by atoms with Gasteiger partial charge in [0.15, 0.2) is 0 Å². The van der Waals surface area contributed by atoms with Crippen molar-refractivity contribution in [2.75, 3.05) is 6.54 Å². The number of nitrogens with one attached hydrogen (secondary N) is 1. The standard InChI is InChI=1S/C8H10F3N3/c9-8(10,11)7-2-1-6(5-13-7)3-4-14-12/h1-2,5,14H,3-4,12H2. The fraction of sp³-hybridized carbons (Fsp3) is 0.375. The van der Waals surface area contributed by atoms with Crippen molar-refractivity contribution in [2.24, 2.45) is 5.84 Å². The first-order chi connectivity index (χ1) is 6.54. The first-order valence-electron chi connectivity index (χ1n) is 3.99. The molecule has 1 rings (SSSR count). The first-order valence-corrected chi connectivity index (χ1v) is 3.99. The van der Waals surface area contributed by atoms with Gasteiger partial charge in [-0.15, -0.1) is 0 Å². The quantitative estimate of drug-likeness (QED) is 0.574. The molecule has 0 spiro atoms. The zero-order chi connectivity index (χ0) is 10.6. The summed E-state index contributed by atoms with van der Waals surface area (Å²) >= 11 is 0. The summed E-state index contributed by atoms with van der Waals surface area (Å²) in [5.74, 6) is 5.03. The third kappa shape index (κ3) is 2.97. The van der Waals surface area contributed by atoms with Gasteiger partial charge in [0, 0.05) is 12.7 Å². The van der Waals surface area contributed by atoms with Gasteiger partial charge in [-0.1, -0.05) is 6.07 Å². The molecule has 0 fully saturated rings. The van der Waals surface area contributed by atoms with Gasteiger partial charge in [0.1, 0.15) is 5.69 Å². The van der Waals surface area contributed by atoms with Crippen LogP contribution >= 0.6 is 0 Å². The molecule has 1 heterocycles. The summed E-state index contributed by atoms with van der Waals surface area (Å²) < 4.78 is 36.2. The smallest absolute Gasteiger partial charge is 0.271 e. The van der Waals surface area contributed by atoms with E-state index in [1.54, 1.807) is 0 Å². The van der Waals surface area contributed by atoms with Crippen LogP contribution in [-0.4, -0.2) is 11.5 Å². The van der Waals surface area contributed by atoms with Crippen LogP contribution in [0.4, 0.5) is 13.2 Å². The van der Waals surface area contributed by atoms with E-state index in [4.69, 9.17) is 5.84 Å². The molecule has 78 valence electrons. The van der Waals surface area contributed by atoms with Gasteiger partial charge in [0.25, 0.3) is 0 Å². The lowest BCUT2D eigenvalue weighted by Crippen LogP contribution is -2.24. The van der Waals surface area contributed by atoms with Crippen molar-refractivity contribution in [3.8, 4) is 0 Å². The predicted octanol–water partition coefficient (Wildman–Crippen LogP) is 1.11. The average Bonchev–Trinajstić information content (AvgIpc) is 2.14. The highest BCUT2D eigenvalue weighted by Crippen LogP contribution is 2.27. The van der Waals surface area contributed by atoms with Gasteiger partial charge in [-0.2, -0.15) is 13.2 Å². The molecule has 0 aliphatic rings. The van der Waals surface area contributed by atoms with Crippen LogP contribution in [0, 0.1) is 0 Å². The second-order valence-corrected chi connectivity index (χ2v) is 2.75. The molecule has 1 aromatic rings. The number of halogens is 3. The lowest BCUT2D eigenvalue weighted by molar-refractivity contribution is -0.141. The Hall–Kier alpha value is -1.14. The Labute approximate surface area is 79.1 Å². The van der Waals surface area contributed by atoms with Crippen molar-refractivity contribution < 1.29 is 13.2 Å². The van der Waals surface area contributed by atoms with E-state index in [1.807, 2.05) is 0 Å². The summed E-state index contributed by atoms with van der Waals surface area (Å²) in [5.41, 5.74) is 2.26. The Bertz CT molecular complexity index is 281. The Balaban J connectivity index is 2.69. The monoisotopic (exact) mass is 205 g/mol. The normalized spacial score (nSPS) is 11.7. The molecule has 0 unspecified atom stereocenters. The Morgan fingerprint density at radius 1 is 1.36 bits per heavy atom. The predicted molar refractivity (Wildman–Crippen MR) is 45.1 cm³/mol. The summed E-state index contributed by atoms with van der Waals surface area (Å²) in [6, 6.07) is 2.36. The second-order valence-electron chi connectivity index (χ2n) is 2.75. The van der Waals surface area contributed by atoms with E-state index in [0.717, 1.165) is 11.6 Å². The Kier molecular flexibility index (Phi) is 3.43. The molecular formula is C8H10F3N3. The number of aromatic nitrogens is 1. The van der Waals surface area contributed by atoms with Crippen LogP contribution in [0.1, 0.15) is 11.3 Å². The minimum absolute atomic E-state index is 0.507. The van der Waals surface area contributed by atoms with Crippen LogP contribution in [0.3, 0.4) is 0 Å². The maximum absolute atomic E-state index is 12.1. The van der Waals surface area contributed by atoms with Crippen molar-refractivity contribution in [3.63, 3.8) is 0 Å². The fourth-order valence-corrected chi connectivity index (χ4v) is 0.957. The van der Waals surface area contributed by atoms with Crippen LogP contribution in [-0.2, 0) is 12.6 Å². The molecule has 1 aromatic heterocycles. The van der Waals surface area contributed by atoms with Crippen molar-refractivity contribution >= 4 is 0 Å². The van der Waals surface area contributed by atoms with Gasteiger partial charge in [0.2, 0.25) is 0 Å². The highest BCUT2D eigenvalue weighted by atomic mass is 19.4. The fourth-order valence-electron chi connectivity index (χ4n) is 0.957. The molecule has 0 saturated carbocycles. The molecule has 6 heteroatoms. The third-order valence-electron chi connectivity index (χ3n) is 1.67. The van der Waals surface area contributed by atoms with E-state index in [2.05, 4.69) is 10.4 Å². The van der Waals surface area contributed by atoms with Crippen LogP contribution in [0.15, 0.2) is 18.3 Å². The number of hydrazine groups is 1. The average molecular weight is 205 g/mol. The highest BCUT2D eigenvalue weighted by Gasteiger charge is 2.31. The number of nitrogens with zero attached hydrogens (tertiary/aromatic N) is 1. The zero-order valence-corrected chi connectivity index (χ0v) is 7.30. The van der Waals surface area contributed by atoms with Crippen LogP contribution in [0.25, 0.3) is 0 Å². The Morgan fingerprint density at radius 3 is 2.50 bits per heavy atom. The van der Waals surface area contributed by atoms with Crippen molar-refractivity contribution in [3.05, 3.63) is 29.6 Å². The lowest BCUT2D eigenvalue weighted by Gasteiger charge is -2.06. The van der Waals surface area contributed by atoms with Gasteiger partial charge in [-0.25, -0.2) is 0 Å². The number of alkyl halides is 3. The summed E-state index contributed by atoms with van der Waals surface area (Å²) in [5, 5.41) is 0. The van der Waals surface area contributed by atoms with Gasteiger partial charge in [0.05, 0.1) is 0 Å². The van der Waals surface area contributed by atoms with Crippen LogP contribution in [0.2, 0.25) is 0 Å². The molecule has 0 bridgehead atoms. The number of pyridine rings is 1. The lowest BCUT2D eigenvalue weighted by atomic mass is 10.2. The number of rotatable bonds is 3. The molecule has 0 aliphatic carbocycles. The van der Waals surface area contributed by atoms with Gasteiger partial charge >= 0.3 is 6.18 Å². The van der Waals surface area contributed by atoms with E-state index in [9.17, 15) is 13.2 Å². The Morgan fingerprint density at radius 2 is 2.07 bits per heavy atom. The van der Waals surface area contributed by atoms with E-state index < -0.39 is 11.9 Å². The van der Waals surface area contributed by atoms with Gasteiger partial charge in [-0.3, -0.25) is 16.3 Å². The minimum atomic E-state index is -4.37. The molecular weight excluding hydrogens is 195 g/mol. The van der Waals surface area contributed by atoms with Crippen LogP contribution < -0.4 is 11.3 Å². The number of hydrogen-bond donors (Lipinski definition) is 2. The molecule has 0 saturated heterocycles. The maximum atomic E-state index is 12.1. The summed E-state index contributed by atoms with van der Waals surface area (Å²) in [6.07, 6.45) is -2.60. The SMILES string of the molecule is NNCCc1ccc(C(F)(F)F)nc1. The third-order valence-corrected chi connectivity index (χ3v) is 1.67. The molecule has 0 aromatic carbocycles. The molecule has 0 aliphatic heterocycles. The highest BCUT2D eigenvalue weighted by molar-refractivity contribution is 5.16. The minimum Gasteiger partial charge on any atom is -0.271 e. The molecule has 3 nitrogen and oxygen atoms in total. The summed E-state index contributed by atoms with van der Waals surface area (Å²) in [7, 11) is 0. The number of hydrogen-bond acceptors (Lipinski definition) is 3.